The molecule has 1 aromatic heterocycles. The number of aromatic nitrogens is 2. The molecule has 1 aliphatic rings. The minimum absolute atomic E-state index is 0.516. The number of hydrogen-bond acceptors (Lipinski definition) is 4. The van der Waals surface area contributed by atoms with Crippen LogP contribution in [-0.2, 0) is 6.42 Å². The molecule has 3 unspecified atom stereocenters. The molecule has 20 heavy (non-hydrogen) atoms. The smallest absolute Gasteiger partial charge is 0.134 e. The summed E-state index contributed by atoms with van der Waals surface area (Å²) in [5, 5.41) is 3.63. The van der Waals surface area contributed by atoms with E-state index in [2.05, 4.69) is 36.1 Å². The SMILES string of the molecule is CCCc1nc(N)c(C)c(NC2CCC(CC)C2C)n1. The van der Waals surface area contributed by atoms with Crippen molar-refractivity contribution in [1.82, 2.24) is 9.97 Å². The van der Waals surface area contributed by atoms with Crippen molar-refractivity contribution in [3.05, 3.63) is 11.4 Å². The highest BCUT2D eigenvalue weighted by molar-refractivity contribution is 5.55. The molecule has 1 aliphatic carbocycles. The molecule has 3 atom stereocenters. The van der Waals surface area contributed by atoms with E-state index in [-0.39, 0.29) is 0 Å². The first-order valence-electron chi connectivity index (χ1n) is 7.96. The van der Waals surface area contributed by atoms with Crippen molar-refractivity contribution in [3.63, 3.8) is 0 Å². The third-order valence-electron chi connectivity index (χ3n) is 4.78. The summed E-state index contributed by atoms with van der Waals surface area (Å²) in [5.74, 6) is 3.95. The first kappa shape index (κ1) is 15.1. The van der Waals surface area contributed by atoms with E-state index in [1.807, 2.05) is 6.92 Å². The van der Waals surface area contributed by atoms with Crippen LogP contribution in [0.25, 0.3) is 0 Å². The van der Waals surface area contributed by atoms with Crippen molar-refractivity contribution in [1.29, 1.82) is 0 Å². The predicted octanol–water partition coefficient (Wildman–Crippen LogP) is 3.56. The molecular weight excluding hydrogens is 248 g/mol. The number of nitrogens with zero attached hydrogens (tertiary/aromatic N) is 2. The van der Waals surface area contributed by atoms with E-state index in [1.54, 1.807) is 0 Å². The van der Waals surface area contributed by atoms with Gasteiger partial charge in [0.2, 0.25) is 0 Å². The number of anilines is 2. The molecule has 1 fully saturated rings. The summed E-state index contributed by atoms with van der Waals surface area (Å²) in [4.78, 5) is 9.04. The Morgan fingerprint density at radius 2 is 2.00 bits per heavy atom. The van der Waals surface area contributed by atoms with E-state index in [0.29, 0.717) is 17.8 Å². The zero-order valence-electron chi connectivity index (χ0n) is 13.2. The van der Waals surface area contributed by atoms with Gasteiger partial charge in [-0.05, 0) is 38.0 Å². The minimum Gasteiger partial charge on any atom is -0.383 e. The van der Waals surface area contributed by atoms with Gasteiger partial charge in [0, 0.05) is 18.0 Å². The Bertz CT molecular complexity index is 458. The normalized spacial score (nSPS) is 25.9. The van der Waals surface area contributed by atoms with Crippen LogP contribution in [0, 0.1) is 18.8 Å². The van der Waals surface area contributed by atoms with Gasteiger partial charge in [-0.1, -0.05) is 27.2 Å². The second kappa shape index (κ2) is 6.42. The van der Waals surface area contributed by atoms with Gasteiger partial charge in [0.05, 0.1) is 0 Å². The fourth-order valence-corrected chi connectivity index (χ4v) is 3.26. The van der Waals surface area contributed by atoms with Gasteiger partial charge < -0.3 is 11.1 Å². The van der Waals surface area contributed by atoms with Gasteiger partial charge in [-0.25, -0.2) is 9.97 Å². The molecule has 1 aromatic rings. The molecule has 0 aromatic carbocycles. The Labute approximate surface area is 122 Å². The van der Waals surface area contributed by atoms with E-state index in [4.69, 9.17) is 5.73 Å². The Kier molecular flexibility index (Phi) is 4.84. The molecule has 0 radical (unpaired) electrons. The molecule has 4 nitrogen and oxygen atoms in total. The van der Waals surface area contributed by atoms with Crippen molar-refractivity contribution in [2.75, 3.05) is 11.1 Å². The molecule has 0 saturated heterocycles. The Morgan fingerprint density at radius 1 is 1.25 bits per heavy atom. The van der Waals surface area contributed by atoms with Crippen LogP contribution in [0.5, 0.6) is 0 Å². The Hall–Kier alpha value is -1.32. The molecule has 0 spiro atoms. The molecular formula is C16H28N4. The topological polar surface area (TPSA) is 63.8 Å². The lowest BCUT2D eigenvalue weighted by molar-refractivity contribution is 0.391. The molecule has 1 heterocycles. The molecule has 2 rings (SSSR count). The molecule has 1 saturated carbocycles. The summed E-state index contributed by atoms with van der Waals surface area (Å²) in [6, 6.07) is 0.516. The quantitative estimate of drug-likeness (QED) is 0.863. The number of aryl methyl sites for hydroxylation is 1. The van der Waals surface area contributed by atoms with E-state index < -0.39 is 0 Å². The number of hydrogen-bond donors (Lipinski definition) is 2. The third-order valence-corrected chi connectivity index (χ3v) is 4.78. The summed E-state index contributed by atoms with van der Waals surface area (Å²) in [5.41, 5.74) is 7.01. The van der Waals surface area contributed by atoms with Crippen LogP contribution in [0.1, 0.15) is 57.8 Å². The van der Waals surface area contributed by atoms with Crippen LogP contribution in [-0.4, -0.2) is 16.0 Å². The molecule has 4 heteroatoms. The number of nitrogen functional groups attached to an aromatic ring is 1. The van der Waals surface area contributed by atoms with Crippen LogP contribution in [0.2, 0.25) is 0 Å². The van der Waals surface area contributed by atoms with Crippen molar-refractivity contribution in [2.24, 2.45) is 11.8 Å². The van der Waals surface area contributed by atoms with Crippen LogP contribution in [0.15, 0.2) is 0 Å². The Balaban J connectivity index is 2.16. The zero-order valence-corrected chi connectivity index (χ0v) is 13.2. The molecule has 0 aliphatic heterocycles. The van der Waals surface area contributed by atoms with Gasteiger partial charge in [0.25, 0.3) is 0 Å². The monoisotopic (exact) mass is 276 g/mol. The first-order chi connectivity index (χ1) is 9.56. The highest BCUT2D eigenvalue weighted by atomic mass is 15.1. The van der Waals surface area contributed by atoms with Crippen LogP contribution in [0.3, 0.4) is 0 Å². The summed E-state index contributed by atoms with van der Waals surface area (Å²) in [6.45, 7) is 8.78. The average molecular weight is 276 g/mol. The van der Waals surface area contributed by atoms with E-state index in [0.717, 1.165) is 36.0 Å². The number of nitrogens with two attached hydrogens (primary N) is 1. The van der Waals surface area contributed by atoms with Crippen molar-refractivity contribution >= 4 is 11.6 Å². The minimum atomic E-state index is 0.516. The van der Waals surface area contributed by atoms with Crippen molar-refractivity contribution in [3.8, 4) is 0 Å². The summed E-state index contributed by atoms with van der Waals surface area (Å²) in [6.07, 6.45) is 5.74. The van der Waals surface area contributed by atoms with E-state index in [1.165, 1.54) is 19.3 Å². The van der Waals surface area contributed by atoms with Gasteiger partial charge in [0.1, 0.15) is 17.5 Å². The number of rotatable bonds is 5. The number of nitrogens with one attached hydrogen (secondary N) is 1. The summed E-state index contributed by atoms with van der Waals surface area (Å²) in [7, 11) is 0. The second-order valence-corrected chi connectivity index (χ2v) is 6.10. The van der Waals surface area contributed by atoms with Crippen molar-refractivity contribution in [2.45, 2.75) is 65.8 Å². The predicted molar refractivity (Wildman–Crippen MR) is 84.8 cm³/mol. The molecule has 0 bridgehead atoms. The van der Waals surface area contributed by atoms with E-state index >= 15 is 0 Å². The highest BCUT2D eigenvalue weighted by Gasteiger charge is 2.32. The standard InChI is InChI=1S/C16H28N4/c1-5-7-14-19-15(17)11(4)16(20-14)18-13-9-8-12(6-2)10(13)3/h10,12-13H,5-9H2,1-4H3,(H3,17,18,19,20). The van der Waals surface area contributed by atoms with Crippen LogP contribution < -0.4 is 11.1 Å². The molecule has 0 amide bonds. The second-order valence-electron chi connectivity index (χ2n) is 6.10. The molecule has 112 valence electrons. The van der Waals surface area contributed by atoms with Gasteiger partial charge >= 0.3 is 0 Å². The average Bonchev–Trinajstić information content (AvgIpc) is 2.76. The fraction of sp³-hybridized carbons (Fsp3) is 0.750. The van der Waals surface area contributed by atoms with Crippen LogP contribution >= 0.6 is 0 Å². The lowest BCUT2D eigenvalue weighted by Crippen LogP contribution is -2.26. The molecule has 3 N–H and O–H groups in total. The highest BCUT2D eigenvalue weighted by Crippen LogP contribution is 2.36. The van der Waals surface area contributed by atoms with Crippen LogP contribution in [0.4, 0.5) is 11.6 Å². The van der Waals surface area contributed by atoms with Gasteiger partial charge in [-0.3, -0.25) is 0 Å². The lowest BCUT2D eigenvalue weighted by atomic mass is 9.93. The summed E-state index contributed by atoms with van der Waals surface area (Å²) >= 11 is 0. The first-order valence-corrected chi connectivity index (χ1v) is 7.96. The third kappa shape index (κ3) is 3.05. The van der Waals surface area contributed by atoms with Crippen molar-refractivity contribution < 1.29 is 0 Å². The maximum atomic E-state index is 6.02. The Morgan fingerprint density at radius 3 is 2.60 bits per heavy atom. The lowest BCUT2D eigenvalue weighted by Gasteiger charge is -2.23. The largest absolute Gasteiger partial charge is 0.383 e. The van der Waals surface area contributed by atoms with E-state index in [9.17, 15) is 0 Å². The maximum Gasteiger partial charge on any atom is 0.134 e. The fourth-order valence-electron chi connectivity index (χ4n) is 3.26. The van der Waals surface area contributed by atoms with Gasteiger partial charge in [0.15, 0.2) is 0 Å². The zero-order chi connectivity index (χ0) is 14.7. The maximum absolute atomic E-state index is 6.02. The van der Waals surface area contributed by atoms with Gasteiger partial charge in [-0.15, -0.1) is 0 Å². The summed E-state index contributed by atoms with van der Waals surface area (Å²) < 4.78 is 0. The van der Waals surface area contributed by atoms with Gasteiger partial charge in [-0.2, -0.15) is 0 Å².